The molecule has 0 aliphatic carbocycles. The second-order valence-electron chi connectivity index (χ2n) is 2.91. The molecule has 0 fully saturated rings. The molecule has 0 N–H and O–H groups in total. The van der Waals surface area contributed by atoms with Gasteiger partial charge in [0, 0.05) is 0 Å². The normalized spacial score (nSPS) is 10.8. The van der Waals surface area contributed by atoms with Crippen LogP contribution in [0.25, 0.3) is 0 Å². The molecule has 0 amide bonds. The van der Waals surface area contributed by atoms with Crippen LogP contribution in [0.1, 0.15) is 45.4 Å². The Morgan fingerprint density at radius 2 is 1.85 bits per heavy atom. The van der Waals surface area contributed by atoms with Crippen molar-refractivity contribution in [3.05, 3.63) is 0 Å². The quantitative estimate of drug-likeness (QED) is 0.482. The fraction of sp³-hybridized carbons (Fsp3) is 0.889. The van der Waals surface area contributed by atoms with Gasteiger partial charge in [0.2, 0.25) is 0 Å². The maximum atomic E-state index is 11.7. The molecule has 0 saturated heterocycles. The van der Waals surface area contributed by atoms with Crippen molar-refractivity contribution in [2.75, 3.05) is 0 Å². The standard InChI is InChI=1S/C9H16F2OSe/c1-2-3-4-5-6-7-8(12)13-9(10)11/h9H,2-7H2,1H3. The van der Waals surface area contributed by atoms with Crippen molar-refractivity contribution < 1.29 is 13.6 Å². The van der Waals surface area contributed by atoms with Crippen molar-refractivity contribution in [3.8, 4) is 0 Å². The molecule has 0 unspecified atom stereocenters. The van der Waals surface area contributed by atoms with Crippen LogP contribution in [0.4, 0.5) is 8.78 Å². The molecular formula is C9H16F2OSe. The van der Waals surface area contributed by atoms with E-state index in [1.807, 2.05) is 0 Å². The molecule has 0 saturated carbocycles. The van der Waals surface area contributed by atoms with Gasteiger partial charge < -0.3 is 0 Å². The summed E-state index contributed by atoms with van der Waals surface area (Å²) in [5.41, 5.74) is 0. The molecule has 78 valence electrons. The van der Waals surface area contributed by atoms with Gasteiger partial charge >= 0.3 is 84.0 Å². The van der Waals surface area contributed by atoms with Gasteiger partial charge in [-0.25, -0.2) is 0 Å². The molecule has 0 aromatic heterocycles. The molecule has 0 bridgehead atoms. The Bertz CT molecular complexity index is 140. The Morgan fingerprint density at radius 1 is 1.23 bits per heavy atom. The summed E-state index contributed by atoms with van der Waals surface area (Å²) in [6.07, 6.45) is 5.59. The molecule has 0 rings (SSSR count). The van der Waals surface area contributed by atoms with Crippen LogP contribution in [-0.4, -0.2) is 25.0 Å². The first-order valence-electron chi connectivity index (χ1n) is 4.64. The average molecular weight is 257 g/mol. The summed E-state index contributed by atoms with van der Waals surface area (Å²) in [4.78, 5) is 10.8. The predicted octanol–water partition coefficient (Wildman–Crippen LogP) is 2.80. The molecule has 0 spiro atoms. The number of carbonyl (C=O) groups is 1. The third kappa shape index (κ3) is 9.97. The molecule has 0 radical (unpaired) electrons. The number of hydrogen-bond acceptors (Lipinski definition) is 1. The van der Waals surface area contributed by atoms with Gasteiger partial charge in [0.25, 0.3) is 0 Å². The van der Waals surface area contributed by atoms with Crippen molar-refractivity contribution in [3.63, 3.8) is 0 Å². The molecule has 0 aliphatic heterocycles. The van der Waals surface area contributed by atoms with Gasteiger partial charge in [-0.2, -0.15) is 0 Å². The Hall–Kier alpha value is 0.0495. The summed E-state index contributed by atoms with van der Waals surface area (Å²) >= 11 is -1.09. The molecular weight excluding hydrogens is 241 g/mol. The van der Waals surface area contributed by atoms with Crippen molar-refractivity contribution >= 4 is 19.6 Å². The van der Waals surface area contributed by atoms with E-state index in [4.69, 9.17) is 0 Å². The molecule has 4 heteroatoms. The van der Waals surface area contributed by atoms with Gasteiger partial charge in [0.1, 0.15) is 0 Å². The minimum absolute atomic E-state index is 0.237. The first-order chi connectivity index (χ1) is 6.16. The van der Waals surface area contributed by atoms with E-state index in [9.17, 15) is 13.6 Å². The summed E-state index contributed by atoms with van der Waals surface area (Å²) in [6, 6.07) is 0. The van der Waals surface area contributed by atoms with Gasteiger partial charge in [-0.15, -0.1) is 0 Å². The maximum absolute atomic E-state index is 11.7. The van der Waals surface area contributed by atoms with Crippen LogP contribution < -0.4 is 0 Å². The fourth-order valence-electron chi connectivity index (χ4n) is 1.03. The van der Waals surface area contributed by atoms with Crippen molar-refractivity contribution in [2.24, 2.45) is 0 Å². The Labute approximate surface area is 84.4 Å². The summed E-state index contributed by atoms with van der Waals surface area (Å²) in [5.74, 6) is 0. The zero-order valence-corrected chi connectivity index (χ0v) is 9.61. The molecule has 0 heterocycles. The monoisotopic (exact) mass is 258 g/mol. The summed E-state index contributed by atoms with van der Waals surface area (Å²) < 4.78 is 23.2. The Kier molecular flexibility index (Phi) is 8.67. The summed E-state index contributed by atoms with van der Waals surface area (Å²) in [6.45, 7) is 2.12. The van der Waals surface area contributed by atoms with Gasteiger partial charge in [0.15, 0.2) is 0 Å². The topological polar surface area (TPSA) is 17.1 Å². The van der Waals surface area contributed by atoms with Crippen LogP contribution in [0.3, 0.4) is 0 Å². The number of unbranched alkanes of at least 4 members (excludes halogenated alkanes) is 4. The van der Waals surface area contributed by atoms with Crippen molar-refractivity contribution in [1.82, 2.24) is 0 Å². The van der Waals surface area contributed by atoms with Gasteiger partial charge in [-0.3, -0.25) is 0 Å². The fourth-order valence-corrected chi connectivity index (χ4v) is 2.00. The van der Waals surface area contributed by atoms with Gasteiger partial charge in [-0.05, 0) is 0 Å². The van der Waals surface area contributed by atoms with Gasteiger partial charge in [-0.1, -0.05) is 0 Å². The zero-order chi connectivity index (χ0) is 10.1. The summed E-state index contributed by atoms with van der Waals surface area (Å²) in [7, 11) is 0. The van der Waals surface area contributed by atoms with Crippen LogP contribution in [-0.2, 0) is 4.79 Å². The molecule has 1 nitrogen and oxygen atoms in total. The van der Waals surface area contributed by atoms with Crippen LogP contribution in [0.15, 0.2) is 0 Å². The van der Waals surface area contributed by atoms with E-state index in [2.05, 4.69) is 6.92 Å². The zero-order valence-electron chi connectivity index (χ0n) is 7.89. The Balaban J connectivity index is 3.17. The van der Waals surface area contributed by atoms with E-state index in [1.165, 1.54) is 6.42 Å². The number of halogens is 2. The van der Waals surface area contributed by atoms with Gasteiger partial charge in [0.05, 0.1) is 0 Å². The van der Waals surface area contributed by atoms with Crippen molar-refractivity contribution in [2.45, 2.75) is 50.8 Å². The first-order valence-corrected chi connectivity index (χ1v) is 6.49. The molecule has 0 aliphatic rings. The molecule has 13 heavy (non-hydrogen) atoms. The first kappa shape index (κ1) is 13.0. The van der Waals surface area contributed by atoms with Crippen LogP contribution in [0.2, 0.25) is 0 Å². The number of rotatable bonds is 8. The second kappa shape index (κ2) is 8.64. The van der Waals surface area contributed by atoms with Crippen molar-refractivity contribution in [1.29, 1.82) is 0 Å². The number of hydrogen-bond donors (Lipinski definition) is 0. The van der Waals surface area contributed by atoms with Crippen LogP contribution in [0.5, 0.6) is 0 Å². The second-order valence-corrected chi connectivity index (χ2v) is 5.11. The van der Waals surface area contributed by atoms with Crippen LogP contribution in [0, 0.1) is 0 Å². The third-order valence-electron chi connectivity index (χ3n) is 1.70. The minimum atomic E-state index is -2.41. The average Bonchev–Trinajstić information content (AvgIpc) is 2.02. The van der Waals surface area contributed by atoms with E-state index >= 15 is 0 Å². The van der Waals surface area contributed by atoms with E-state index in [0.717, 1.165) is 25.7 Å². The molecule has 0 atom stereocenters. The third-order valence-corrected chi connectivity index (χ3v) is 3.06. The van der Waals surface area contributed by atoms with E-state index in [0.29, 0.717) is 6.42 Å². The summed E-state index contributed by atoms with van der Waals surface area (Å²) in [5, 5.41) is -2.41. The predicted molar refractivity (Wildman–Crippen MR) is 50.1 cm³/mol. The number of carbonyl (C=O) groups excluding carboxylic acids is 1. The van der Waals surface area contributed by atoms with Crippen LogP contribution >= 0.6 is 0 Å². The SMILES string of the molecule is CCCCCCCC(=O)[Se]C(F)F. The molecule has 0 aromatic rings. The van der Waals surface area contributed by atoms with E-state index < -0.39 is 20.3 Å². The van der Waals surface area contributed by atoms with E-state index in [1.54, 1.807) is 0 Å². The van der Waals surface area contributed by atoms with E-state index in [-0.39, 0.29) is 4.68 Å². The Morgan fingerprint density at radius 3 is 2.38 bits per heavy atom. The molecule has 0 aromatic carbocycles. The number of alkyl halides is 2.